The quantitative estimate of drug-likeness (QED) is 0.505. The average molecular weight is 324 g/mol. The summed E-state index contributed by atoms with van der Waals surface area (Å²) in [5.74, 6) is 0.906. The topological polar surface area (TPSA) is 34.9 Å². The van der Waals surface area contributed by atoms with Gasteiger partial charge in [0.15, 0.2) is 5.16 Å². The lowest BCUT2D eigenvalue weighted by molar-refractivity contribution is 0.564. The van der Waals surface area contributed by atoms with Gasteiger partial charge in [0.05, 0.1) is 10.9 Å². The summed E-state index contributed by atoms with van der Waals surface area (Å²) in [7, 11) is 0. The number of para-hydroxylation sites is 1. The summed E-state index contributed by atoms with van der Waals surface area (Å²) in [4.78, 5) is 17.5. The smallest absolute Gasteiger partial charge is 0.262 e. The summed E-state index contributed by atoms with van der Waals surface area (Å²) in [6.45, 7) is 2.79. The molecule has 0 N–H and O–H groups in total. The van der Waals surface area contributed by atoms with E-state index < -0.39 is 0 Å². The molecule has 2 aromatic carbocycles. The molecule has 0 saturated heterocycles. The van der Waals surface area contributed by atoms with Crippen LogP contribution in [0.4, 0.5) is 0 Å². The van der Waals surface area contributed by atoms with Crippen molar-refractivity contribution >= 4 is 22.7 Å². The van der Waals surface area contributed by atoms with Gasteiger partial charge < -0.3 is 0 Å². The maximum atomic E-state index is 12.8. The van der Waals surface area contributed by atoms with E-state index in [1.807, 2.05) is 34.9 Å². The third-order valence-electron chi connectivity index (χ3n) is 3.79. The Morgan fingerprint density at radius 1 is 1.04 bits per heavy atom. The third kappa shape index (κ3) is 3.64. The van der Waals surface area contributed by atoms with Gasteiger partial charge in [-0.2, -0.15) is 0 Å². The van der Waals surface area contributed by atoms with Crippen LogP contribution in [-0.2, 0) is 13.0 Å². The van der Waals surface area contributed by atoms with Crippen LogP contribution in [0.3, 0.4) is 0 Å². The molecule has 0 aliphatic heterocycles. The molecule has 0 radical (unpaired) electrons. The second kappa shape index (κ2) is 7.47. The highest BCUT2D eigenvalue weighted by molar-refractivity contribution is 7.99. The van der Waals surface area contributed by atoms with Crippen molar-refractivity contribution in [3.05, 3.63) is 70.5 Å². The minimum atomic E-state index is 0.0691. The Bertz CT molecular complexity index is 843. The number of aryl methyl sites for hydroxylation is 1. The van der Waals surface area contributed by atoms with Crippen molar-refractivity contribution in [2.75, 3.05) is 5.75 Å². The monoisotopic (exact) mass is 324 g/mol. The molecule has 0 aliphatic carbocycles. The van der Waals surface area contributed by atoms with Crippen molar-refractivity contribution in [1.29, 1.82) is 0 Å². The van der Waals surface area contributed by atoms with Gasteiger partial charge >= 0.3 is 0 Å². The van der Waals surface area contributed by atoms with Crippen LogP contribution >= 0.6 is 11.8 Å². The summed E-state index contributed by atoms with van der Waals surface area (Å²) in [6, 6.07) is 18.0. The van der Waals surface area contributed by atoms with Crippen molar-refractivity contribution in [3.8, 4) is 0 Å². The van der Waals surface area contributed by atoms with Crippen LogP contribution in [0.15, 0.2) is 64.5 Å². The maximum absolute atomic E-state index is 12.8. The van der Waals surface area contributed by atoms with Gasteiger partial charge in [0.25, 0.3) is 5.56 Å². The molecule has 0 amide bonds. The number of hydrogen-bond acceptors (Lipinski definition) is 3. The highest BCUT2D eigenvalue weighted by Crippen LogP contribution is 2.18. The van der Waals surface area contributed by atoms with E-state index >= 15 is 0 Å². The molecular formula is C19H20N2OS. The zero-order valence-corrected chi connectivity index (χ0v) is 14.1. The van der Waals surface area contributed by atoms with Gasteiger partial charge in [0.2, 0.25) is 0 Å². The number of aromatic nitrogens is 2. The molecule has 23 heavy (non-hydrogen) atoms. The van der Waals surface area contributed by atoms with E-state index in [1.54, 1.807) is 11.8 Å². The van der Waals surface area contributed by atoms with Gasteiger partial charge in [0, 0.05) is 6.54 Å². The second-order valence-corrected chi connectivity index (χ2v) is 6.62. The lowest BCUT2D eigenvalue weighted by atomic mass is 10.1. The zero-order valence-electron chi connectivity index (χ0n) is 13.2. The lowest BCUT2D eigenvalue weighted by Crippen LogP contribution is -2.23. The average Bonchev–Trinajstić information content (AvgIpc) is 2.59. The fourth-order valence-corrected chi connectivity index (χ4v) is 3.42. The normalized spacial score (nSPS) is 11.0. The van der Waals surface area contributed by atoms with Crippen LogP contribution in [0.2, 0.25) is 0 Å². The van der Waals surface area contributed by atoms with Crippen LogP contribution in [-0.4, -0.2) is 15.3 Å². The summed E-state index contributed by atoms with van der Waals surface area (Å²) in [5, 5.41) is 1.52. The van der Waals surface area contributed by atoms with E-state index in [1.165, 1.54) is 5.56 Å². The molecule has 0 aliphatic rings. The molecule has 3 rings (SSSR count). The van der Waals surface area contributed by atoms with Crippen LogP contribution in [0.25, 0.3) is 10.9 Å². The summed E-state index contributed by atoms with van der Waals surface area (Å²) < 4.78 is 1.83. The van der Waals surface area contributed by atoms with Gasteiger partial charge in [-0.3, -0.25) is 9.36 Å². The fraction of sp³-hybridized carbons (Fsp3) is 0.263. The van der Waals surface area contributed by atoms with E-state index in [9.17, 15) is 4.79 Å². The lowest BCUT2D eigenvalue weighted by Gasteiger charge is -2.12. The number of nitrogens with zero attached hydrogens (tertiary/aromatic N) is 2. The van der Waals surface area contributed by atoms with E-state index in [0.29, 0.717) is 11.9 Å². The van der Waals surface area contributed by atoms with Crippen LogP contribution in [0.1, 0.15) is 18.9 Å². The van der Waals surface area contributed by atoms with Crippen molar-refractivity contribution in [3.63, 3.8) is 0 Å². The number of thioether (sulfide) groups is 1. The standard InChI is InChI=1S/C19H20N2OS/c1-2-23-19-20-17-13-7-6-12-16(17)18(22)21(19)14-8-11-15-9-4-3-5-10-15/h3-7,9-10,12-13H,2,8,11,14H2,1H3. The first-order valence-electron chi connectivity index (χ1n) is 7.96. The molecule has 1 heterocycles. The maximum Gasteiger partial charge on any atom is 0.262 e. The molecule has 3 aromatic rings. The van der Waals surface area contributed by atoms with E-state index in [0.717, 1.165) is 29.3 Å². The number of rotatable bonds is 6. The van der Waals surface area contributed by atoms with Gasteiger partial charge in [-0.25, -0.2) is 4.98 Å². The van der Waals surface area contributed by atoms with Crippen molar-refractivity contribution in [2.24, 2.45) is 0 Å². The van der Waals surface area contributed by atoms with Crippen molar-refractivity contribution < 1.29 is 0 Å². The molecule has 0 atom stereocenters. The van der Waals surface area contributed by atoms with Gasteiger partial charge in [0.1, 0.15) is 0 Å². The van der Waals surface area contributed by atoms with Crippen LogP contribution in [0.5, 0.6) is 0 Å². The van der Waals surface area contributed by atoms with Crippen molar-refractivity contribution in [1.82, 2.24) is 9.55 Å². The first-order chi connectivity index (χ1) is 11.3. The summed E-state index contributed by atoms with van der Waals surface area (Å²) in [6.07, 6.45) is 1.90. The first-order valence-corrected chi connectivity index (χ1v) is 8.94. The second-order valence-electron chi connectivity index (χ2n) is 5.39. The Morgan fingerprint density at radius 3 is 2.57 bits per heavy atom. The number of benzene rings is 2. The Morgan fingerprint density at radius 2 is 1.78 bits per heavy atom. The Balaban J connectivity index is 1.87. The largest absolute Gasteiger partial charge is 0.287 e. The van der Waals surface area contributed by atoms with E-state index in [-0.39, 0.29) is 5.56 Å². The Kier molecular flexibility index (Phi) is 5.13. The Labute approximate surface area is 140 Å². The van der Waals surface area contributed by atoms with Crippen molar-refractivity contribution in [2.45, 2.75) is 31.5 Å². The molecule has 3 nitrogen and oxygen atoms in total. The SMILES string of the molecule is CCSc1nc2ccccc2c(=O)n1CCCc1ccccc1. The number of hydrogen-bond donors (Lipinski definition) is 0. The van der Waals surface area contributed by atoms with Crippen LogP contribution in [0, 0.1) is 0 Å². The zero-order chi connectivity index (χ0) is 16.1. The van der Waals surface area contributed by atoms with Gasteiger partial charge in [-0.05, 0) is 36.3 Å². The molecular weight excluding hydrogens is 304 g/mol. The molecule has 0 saturated carbocycles. The Hall–Kier alpha value is -2.07. The minimum Gasteiger partial charge on any atom is -0.287 e. The third-order valence-corrected chi connectivity index (χ3v) is 4.65. The fourth-order valence-electron chi connectivity index (χ4n) is 2.67. The van der Waals surface area contributed by atoms with E-state index in [2.05, 4.69) is 36.2 Å². The summed E-state index contributed by atoms with van der Waals surface area (Å²) in [5.41, 5.74) is 2.16. The molecule has 0 spiro atoms. The predicted octanol–water partition coefficient (Wildman–Crippen LogP) is 4.14. The predicted molar refractivity (Wildman–Crippen MR) is 97.2 cm³/mol. The number of fused-ring (bicyclic) bond motifs is 1. The molecule has 118 valence electrons. The van der Waals surface area contributed by atoms with Gasteiger partial charge in [-0.1, -0.05) is 61.2 Å². The molecule has 0 fully saturated rings. The molecule has 0 bridgehead atoms. The molecule has 1 aromatic heterocycles. The van der Waals surface area contributed by atoms with Crippen LogP contribution < -0.4 is 5.56 Å². The van der Waals surface area contributed by atoms with E-state index in [4.69, 9.17) is 0 Å². The van der Waals surface area contributed by atoms with Gasteiger partial charge in [-0.15, -0.1) is 0 Å². The molecule has 0 unspecified atom stereocenters. The highest BCUT2D eigenvalue weighted by atomic mass is 32.2. The highest BCUT2D eigenvalue weighted by Gasteiger charge is 2.10. The minimum absolute atomic E-state index is 0.0691. The summed E-state index contributed by atoms with van der Waals surface area (Å²) >= 11 is 1.63. The molecule has 4 heteroatoms. The first kappa shape index (κ1) is 15.8.